The Morgan fingerprint density at radius 3 is 2.54 bits per heavy atom. The van der Waals surface area contributed by atoms with Gasteiger partial charge < -0.3 is 19.5 Å². The Kier molecular flexibility index (Phi) is 7.59. The fourth-order valence-electron chi connectivity index (χ4n) is 5.27. The lowest BCUT2D eigenvalue weighted by Crippen LogP contribution is -2.30. The second-order valence-electron chi connectivity index (χ2n) is 10.0. The van der Waals surface area contributed by atoms with Gasteiger partial charge in [-0.15, -0.1) is 0 Å². The van der Waals surface area contributed by atoms with Crippen LogP contribution in [0.4, 0.5) is 0 Å². The predicted octanol–water partition coefficient (Wildman–Crippen LogP) is 6.72. The van der Waals surface area contributed by atoms with E-state index in [0.29, 0.717) is 48.2 Å². The van der Waals surface area contributed by atoms with Crippen LogP contribution in [-0.4, -0.2) is 39.3 Å². The van der Waals surface area contributed by atoms with Gasteiger partial charge in [-0.3, -0.25) is 9.89 Å². The van der Waals surface area contributed by atoms with E-state index in [9.17, 15) is 9.90 Å². The van der Waals surface area contributed by atoms with Crippen molar-refractivity contribution in [2.75, 3.05) is 13.2 Å². The van der Waals surface area contributed by atoms with E-state index in [1.165, 1.54) is 0 Å². The first-order valence-corrected chi connectivity index (χ1v) is 13.6. The zero-order valence-corrected chi connectivity index (χ0v) is 23.0. The minimum atomic E-state index is -0.379. The highest BCUT2D eigenvalue weighted by atomic mass is 16.5. The number of phenolic OH excluding ortho intramolecular Hbond substituents is 1. The maximum atomic E-state index is 13.6. The molecule has 0 radical (unpaired) electrons. The molecule has 5 rings (SSSR count). The van der Waals surface area contributed by atoms with Crippen LogP contribution in [0.15, 0.2) is 60.7 Å². The van der Waals surface area contributed by atoms with E-state index < -0.39 is 0 Å². The van der Waals surface area contributed by atoms with Crippen LogP contribution in [0.2, 0.25) is 0 Å². The van der Waals surface area contributed by atoms with Crippen molar-refractivity contribution in [1.82, 2.24) is 15.1 Å². The van der Waals surface area contributed by atoms with E-state index in [-0.39, 0.29) is 17.7 Å². The molecule has 1 aliphatic heterocycles. The standard InChI is InChI=1S/C32H35N3O4/c1-5-7-15-35-30(23-13-14-25(26(18-23)38-6-2)39-19-22-11-9-8-10-12-22)27-28(33-34-29(27)32(35)37)24-17-20(3)16-21(4)31(24)36/h8-14,16-18,30,36H,5-7,15,19H2,1-4H3,(H,33,34). The zero-order valence-electron chi connectivity index (χ0n) is 23.0. The number of aromatic hydroxyl groups is 1. The molecule has 1 amide bonds. The molecule has 1 unspecified atom stereocenters. The van der Waals surface area contributed by atoms with Crippen molar-refractivity contribution in [3.63, 3.8) is 0 Å². The number of rotatable bonds is 10. The lowest BCUT2D eigenvalue weighted by atomic mass is 9.93. The van der Waals surface area contributed by atoms with Gasteiger partial charge in [0.1, 0.15) is 23.7 Å². The van der Waals surface area contributed by atoms with Gasteiger partial charge >= 0.3 is 0 Å². The molecule has 0 saturated heterocycles. The summed E-state index contributed by atoms with van der Waals surface area (Å²) in [5, 5.41) is 18.5. The summed E-state index contributed by atoms with van der Waals surface area (Å²) >= 11 is 0. The van der Waals surface area contributed by atoms with Crippen LogP contribution < -0.4 is 9.47 Å². The fraction of sp³-hybridized carbons (Fsp3) is 0.312. The topological polar surface area (TPSA) is 87.7 Å². The molecule has 2 N–H and O–H groups in total. The highest BCUT2D eigenvalue weighted by Gasteiger charge is 2.42. The van der Waals surface area contributed by atoms with Crippen molar-refractivity contribution < 1.29 is 19.4 Å². The molecular weight excluding hydrogens is 490 g/mol. The number of ether oxygens (including phenoxy) is 2. The average Bonchev–Trinajstić information content (AvgIpc) is 3.48. The van der Waals surface area contributed by atoms with E-state index >= 15 is 0 Å². The molecule has 2 heterocycles. The Morgan fingerprint density at radius 1 is 1.00 bits per heavy atom. The number of H-pyrrole nitrogens is 1. The van der Waals surface area contributed by atoms with Crippen molar-refractivity contribution in [2.45, 2.75) is 53.2 Å². The third-order valence-corrected chi connectivity index (χ3v) is 7.14. The SMILES string of the molecule is CCCCN1C(=O)c2[nH]nc(-c3cc(C)cc(C)c3O)c2C1c1ccc(OCc2ccccc2)c(OCC)c1. The minimum absolute atomic E-state index is 0.0894. The van der Waals surface area contributed by atoms with Crippen molar-refractivity contribution >= 4 is 5.91 Å². The number of hydrogen-bond donors (Lipinski definition) is 2. The molecule has 1 aliphatic rings. The van der Waals surface area contributed by atoms with Gasteiger partial charge in [0.15, 0.2) is 11.5 Å². The number of aromatic nitrogens is 2. The molecule has 0 fully saturated rings. The highest BCUT2D eigenvalue weighted by molar-refractivity contribution is 6.00. The van der Waals surface area contributed by atoms with Gasteiger partial charge in [0.2, 0.25) is 0 Å². The summed E-state index contributed by atoms with van der Waals surface area (Å²) in [5.74, 6) is 1.36. The lowest BCUT2D eigenvalue weighted by molar-refractivity contribution is 0.0741. The number of carbonyl (C=O) groups excluding carboxylic acids is 1. The predicted molar refractivity (Wildman–Crippen MR) is 151 cm³/mol. The molecule has 3 aromatic carbocycles. The van der Waals surface area contributed by atoms with Crippen molar-refractivity contribution in [3.05, 3.63) is 94.2 Å². The third-order valence-electron chi connectivity index (χ3n) is 7.14. The normalized spacial score (nSPS) is 14.5. The first kappa shape index (κ1) is 26.4. The Hall–Kier alpha value is -4.26. The van der Waals surface area contributed by atoms with Gasteiger partial charge in [0.05, 0.1) is 12.6 Å². The van der Waals surface area contributed by atoms with Gasteiger partial charge in [-0.05, 0) is 67.6 Å². The number of benzene rings is 3. The molecule has 7 nitrogen and oxygen atoms in total. The van der Waals surface area contributed by atoms with Gasteiger partial charge in [0.25, 0.3) is 5.91 Å². The summed E-state index contributed by atoms with van der Waals surface area (Å²) < 4.78 is 12.2. The van der Waals surface area contributed by atoms with Gasteiger partial charge in [-0.1, -0.05) is 55.8 Å². The van der Waals surface area contributed by atoms with E-state index in [1.807, 2.05) is 86.3 Å². The quantitative estimate of drug-likeness (QED) is 0.240. The first-order chi connectivity index (χ1) is 18.9. The number of carbonyl (C=O) groups is 1. The number of aryl methyl sites for hydroxylation is 2. The van der Waals surface area contributed by atoms with Crippen molar-refractivity contribution in [2.24, 2.45) is 0 Å². The molecule has 1 atom stereocenters. The van der Waals surface area contributed by atoms with E-state index in [1.54, 1.807) is 0 Å². The molecule has 7 heteroatoms. The van der Waals surface area contributed by atoms with Crippen LogP contribution in [0.3, 0.4) is 0 Å². The van der Waals surface area contributed by atoms with E-state index in [2.05, 4.69) is 17.1 Å². The monoisotopic (exact) mass is 525 g/mol. The Labute approximate surface area is 229 Å². The summed E-state index contributed by atoms with van der Waals surface area (Å²) in [7, 11) is 0. The molecule has 202 valence electrons. The number of hydrogen-bond acceptors (Lipinski definition) is 5. The van der Waals surface area contributed by atoms with Crippen LogP contribution in [0.1, 0.15) is 71.0 Å². The molecular formula is C32H35N3O4. The molecule has 0 bridgehead atoms. The van der Waals surface area contributed by atoms with Gasteiger partial charge in [-0.2, -0.15) is 5.10 Å². The Bertz CT molecular complexity index is 1480. The number of fused-ring (bicyclic) bond motifs is 1. The van der Waals surface area contributed by atoms with Crippen molar-refractivity contribution in [1.29, 1.82) is 0 Å². The molecule has 0 saturated carbocycles. The van der Waals surface area contributed by atoms with Crippen LogP contribution in [0.5, 0.6) is 17.2 Å². The summed E-state index contributed by atoms with van der Waals surface area (Å²) in [5.41, 5.74) is 6.20. The first-order valence-electron chi connectivity index (χ1n) is 13.6. The molecule has 0 aliphatic carbocycles. The highest BCUT2D eigenvalue weighted by Crippen LogP contribution is 2.46. The zero-order chi connectivity index (χ0) is 27.5. The van der Waals surface area contributed by atoms with E-state index in [0.717, 1.165) is 40.7 Å². The number of nitrogens with one attached hydrogen (secondary N) is 1. The van der Waals surface area contributed by atoms with Crippen LogP contribution >= 0.6 is 0 Å². The second kappa shape index (κ2) is 11.2. The Morgan fingerprint density at radius 2 is 1.79 bits per heavy atom. The molecule has 1 aromatic heterocycles. The smallest absolute Gasteiger partial charge is 0.273 e. The number of amides is 1. The Balaban J connectivity index is 1.59. The summed E-state index contributed by atoms with van der Waals surface area (Å²) in [4.78, 5) is 15.5. The maximum absolute atomic E-state index is 13.6. The maximum Gasteiger partial charge on any atom is 0.273 e. The lowest BCUT2D eigenvalue weighted by Gasteiger charge is -2.27. The fourth-order valence-corrected chi connectivity index (χ4v) is 5.27. The van der Waals surface area contributed by atoms with Crippen LogP contribution in [0.25, 0.3) is 11.3 Å². The number of unbranched alkanes of at least 4 members (excludes halogenated alkanes) is 1. The van der Waals surface area contributed by atoms with E-state index in [4.69, 9.17) is 9.47 Å². The van der Waals surface area contributed by atoms with Gasteiger partial charge in [0, 0.05) is 17.7 Å². The average molecular weight is 526 g/mol. The molecule has 4 aromatic rings. The summed E-state index contributed by atoms with van der Waals surface area (Å²) in [6, 6.07) is 19.3. The van der Waals surface area contributed by atoms with Crippen LogP contribution in [-0.2, 0) is 6.61 Å². The summed E-state index contributed by atoms with van der Waals surface area (Å²) in [6.07, 6.45) is 1.84. The number of phenols is 1. The minimum Gasteiger partial charge on any atom is -0.507 e. The second-order valence-corrected chi connectivity index (χ2v) is 10.0. The van der Waals surface area contributed by atoms with Gasteiger partial charge in [-0.25, -0.2) is 0 Å². The van der Waals surface area contributed by atoms with Crippen molar-refractivity contribution in [3.8, 4) is 28.5 Å². The summed E-state index contributed by atoms with van der Waals surface area (Å²) in [6.45, 7) is 9.42. The molecule has 0 spiro atoms. The molecule has 39 heavy (non-hydrogen) atoms. The number of aromatic amines is 1. The number of nitrogens with zero attached hydrogens (tertiary/aromatic N) is 2. The largest absolute Gasteiger partial charge is 0.507 e. The van der Waals surface area contributed by atoms with Crippen LogP contribution in [0, 0.1) is 13.8 Å². The third kappa shape index (κ3) is 5.09.